The molecule has 1 heterocycles. The van der Waals surface area contributed by atoms with Crippen molar-refractivity contribution in [2.24, 2.45) is 7.05 Å². The Labute approximate surface area is 108 Å². The van der Waals surface area contributed by atoms with E-state index in [1.54, 1.807) is 0 Å². The summed E-state index contributed by atoms with van der Waals surface area (Å²) in [6.07, 6.45) is 0. The van der Waals surface area contributed by atoms with Crippen molar-refractivity contribution in [3.05, 3.63) is 29.8 Å². The lowest BCUT2D eigenvalue weighted by atomic mass is 9.83. The molecule has 0 spiro atoms. The van der Waals surface area contributed by atoms with E-state index >= 15 is 0 Å². The number of anilines is 1. The summed E-state index contributed by atoms with van der Waals surface area (Å²) in [4.78, 5) is 0. The van der Waals surface area contributed by atoms with Crippen LogP contribution in [0, 0.1) is 0 Å². The number of aromatic nitrogens is 3. The second kappa shape index (κ2) is 4.44. The van der Waals surface area contributed by atoms with Gasteiger partial charge in [-0.25, -0.2) is 0 Å². The molecule has 2 aromatic rings. The first-order chi connectivity index (χ1) is 8.45. The lowest BCUT2D eigenvalue weighted by molar-refractivity contribution is 0.591. The summed E-state index contributed by atoms with van der Waals surface area (Å²) in [6.45, 7) is 6.63. The zero-order chi connectivity index (χ0) is 13.3. The SMILES string of the molecule is CNc1nnc(-c2ccccc2C(C)(C)C)n1C. The molecule has 0 saturated heterocycles. The van der Waals surface area contributed by atoms with Gasteiger partial charge in [0.05, 0.1) is 0 Å². The Kier molecular flexibility index (Phi) is 3.11. The minimum Gasteiger partial charge on any atom is -0.357 e. The highest BCUT2D eigenvalue weighted by atomic mass is 15.3. The Bertz CT molecular complexity index is 549. The van der Waals surface area contributed by atoms with Gasteiger partial charge in [-0.3, -0.25) is 4.57 Å². The second-order valence-corrected chi connectivity index (χ2v) is 5.45. The molecule has 1 aromatic heterocycles. The van der Waals surface area contributed by atoms with Crippen LogP contribution in [0.2, 0.25) is 0 Å². The highest BCUT2D eigenvalue weighted by Gasteiger charge is 2.21. The summed E-state index contributed by atoms with van der Waals surface area (Å²) in [7, 11) is 3.82. The molecule has 0 atom stereocenters. The maximum atomic E-state index is 4.28. The van der Waals surface area contributed by atoms with Crippen LogP contribution in [0.4, 0.5) is 5.95 Å². The molecule has 0 amide bonds. The van der Waals surface area contributed by atoms with Crippen molar-refractivity contribution in [1.82, 2.24) is 14.8 Å². The van der Waals surface area contributed by atoms with Gasteiger partial charge >= 0.3 is 0 Å². The quantitative estimate of drug-likeness (QED) is 0.883. The van der Waals surface area contributed by atoms with Gasteiger partial charge in [-0.1, -0.05) is 45.0 Å². The van der Waals surface area contributed by atoms with Crippen molar-refractivity contribution < 1.29 is 0 Å². The fourth-order valence-corrected chi connectivity index (χ4v) is 2.11. The smallest absolute Gasteiger partial charge is 0.224 e. The third kappa shape index (κ3) is 2.10. The predicted octanol–water partition coefficient (Wildman–Crippen LogP) is 2.82. The minimum absolute atomic E-state index is 0.0857. The van der Waals surface area contributed by atoms with Crippen LogP contribution in [-0.4, -0.2) is 21.8 Å². The van der Waals surface area contributed by atoms with Crippen LogP contribution in [0.5, 0.6) is 0 Å². The number of rotatable bonds is 2. The fourth-order valence-electron chi connectivity index (χ4n) is 2.11. The maximum absolute atomic E-state index is 4.28. The van der Waals surface area contributed by atoms with Crippen molar-refractivity contribution in [3.8, 4) is 11.4 Å². The van der Waals surface area contributed by atoms with E-state index in [9.17, 15) is 0 Å². The van der Waals surface area contributed by atoms with Crippen LogP contribution in [0.1, 0.15) is 26.3 Å². The molecular formula is C14H20N4. The molecule has 0 aliphatic carbocycles. The molecule has 18 heavy (non-hydrogen) atoms. The molecule has 0 unspecified atom stereocenters. The van der Waals surface area contributed by atoms with Crippen molar-refractivity contribution >= 4 is 5.95 Å². The zero-order valence-electron chi connectivity index (χ0n) is 11.7. The van der Waals surface area contributed by atoms with Gasteiger partial charge in [-0.05, 0) is 11.0 Å². The number of hydrogen-bond acceptors (Lipinski definition) is 3. The van der Waals surface area contributed by atoms with Gasteiger partial charge in [-0.2, -0.15) is 0 Å². The van der Waals surface area contributed by atoms with Crippen molar-refractivity contribution in [3.63, 3.8) is 0 Å². The second-order valence-electron chi connectivity index (χ2n) is 5.45. The Morgan fingerprint density at radius 2 is 1.78 bits per heavy atom. The summed E-state index contributed by atoms with van der Waals surface area (Å²) in [5.74, 6) is 1.67. The molecule has 1 N–H and O–H groups in total. The Morgan fingerprint density at radius 3 is 2.33 bits per heavy atom. The van der Waals surface area contributed by atoms with Crippen LogP contribution in [0.15, 0.2) is 24.3 Å². The number of nitrogens with zero attached hydrogens (tertiary/aromatic N) is 3. The lowest BCUT2D eigenvalue weighted by Gasteiger charge is -2.22. The average Bonchev–Trinajstić information content (AvgIpc) is 2.69. The van der Waals surface area contributed by atoms with Gasteiger partial charge in [-0.15, -0.1) is 10.2 Å². The topological polar surface area (TPSA) is 42.7 Å². The van der Waals surface area contributed by atoms with Crippen LogP contribution < -0.4 is 5.32 Å². The van der Waals surface area contributed by atoms with Crippen LogP contribution in [-0.2, 0) is 12.5 Å². The molecule has 1 aromatic carbocycles. The third-order valence-electron chi connectivity index (χ3n) is 3.07. The van der Waals surface area contributed by atoms with E-state index in [-0.39, 0.29) is 5.41 Å². The Balaban J connectivity index is 2.61. The van der Waals surface area contributed by atoms with Gasteiger partial charge in [0.1, 0.15) is 0 Å². The first-order valence-electron chi connectivity index (χ1n) is 6.12. The fraction of sp³-hybridized carbons (Fsp3) is 0.429. The maximum Gasteiger partial charge on any atom is 0.224 e. The molecule has 0 radical (unpaired) electrons. The van der Waals surface area contributed by atoms with E-state index in [4.69, 9.17) is 0 Å². The van der Waals surface area contributed by atoms with Gasteiger partial charge in [0, 0.05) is 19.7 Å². The van der Waals surface area contributed by atoms with Crippen molar-refractivity contribution in [2.75, 3.05) is 12.4 Å². The molecule has 96 valence electrons. The number of nitrogens with one attached hydrogen (secondary N) is 1. The molecule has 0 saturated carbocycles. The zero-order valence-corrected chi connectivity index (χ0v) is 11.7. The van der Waals surface area contributed by atoms with Crippen molar-refractivity contribution in [1.29, 1.82) is 0 Å². The molecule has 4 heteroatoms. The van der Waals surface area contributed by atoms with Crippen LogP contribution in [0.3, 0.4) is 0 Å². The van der Waals surface area contributed by atoms with E-state index in [2.05, 4.69) is 54.5 Å². The van der Waals surface area contributed by atoms with Gasteiger partial charge < -0.3 is 5.32 Å². The summed E-state index contributed by atoms with van der Waals surface area (Å²) in [5.41, 5.74) is 2.51. The van der Waals surface area contributed by atoms with E-state index in [1.165, 1.54) is 5.56 Å². The van der Waals surface area contributed by atoms with E-state index in [0.717, 1.165) is 17.3 Å². The van der Waals surface area contributed by atoms with Gasteiger partial charge in [0.15, 0.2) is 5.82 Å². The highest BCUT2D eigenvalue weighted by molar-refractivity contribution is 5.63. The largest absolute Gasteiger partial charge is 0.357 e. The Morgan fingerprint density at radius 1 is 1.11 bits per heavy atom. The summed E-state index contributed by atoms with van der Waals surface area (Å²) in [5, 5.41) is 11.5. The third-order valence-corrected chi connectivity index (χ3v) is 3.07. The van der Waals surface area contributed by atoms with E-state index in [0.29, 0.717) is 0 Å². The molecule has 0 aliphatic heterocycles. The number of benzene rings is 1. The number of hydrogen-bond donors (Lipinski definition) is 1. The molecule has 2 rings (SSSR count). The first kappa shape index (κ1) is 12.6. The summed E-state index contributed by atoms with van der Waals surface area (Å²) in [6, 6.07) is 8.37. The normalized spacial score (nSPS) is 11.6. The standard InChI is InChI=1S/C14H20N4/c1-14(2,3)11-9-7-6-8-10(11)12-16-17-13(15-4)18(12)5/h6-9H,1-5H3,(H,15,17). The summed E-state index contributed by atoms with van der Waals surface area (Å²) >= 11 is 0. The Hall–Kier alpha value is -1.84. The van der Waals surface area contributed by atoms with E-state index in [1.807, 2.05) is 24.7 Å². The lowest BCUT2D eigenvalue weighted by Crippen LogP contribution is -2.13. The highest BCUT2D eigenvalue weighted by Crippen LogP contribution is 2.32. The molecule has 0 aliphatic rings. The molecular weight excluding hydrogens is 224 g/mol. The van der Waals surface area contributed by atoms with Crippen LogP contribution in [0.25, 0.3) is 11.4 Å². The average molecular weight is 244 g/mol. The predicted molar refractivity (Wildman–Crippen MR) is 74.7 cm³/mol. The summed E-state index contributed by atoms with van der Waals surface area (Å²) < 4.78 is 1.98. The van der Waals surface area contributed by atoms with E-state index < -0.39 is 0 Å². The van der Waals surface area contributed by atoms with Crippen molar-refractivity contribution in [2.45, 2.75) is 26.2 Å². The molecule has 0 fully saturated rings. The van der Waals surface area contributed by atoms with Gasteiger partial charge in [0.25, 0.3) is 0 Å². The monoisotopic (exact) mass is 244 g/mol. The first-order valence-corrected chi connectivity index (χ1v) is 6.12. The van der Waals surface area contributed by atoms with Gasteiger partial charge in [0.2, 0.25) is 5.95 Å². The minimum atomic E-state index is 0.0857. The van der Waals surface area contributed by atoms with Crippen LogP contribution >= 0.6 is 0 Å². The molecule has 0 bridgehead atoms. The molecule has 4 nitrogen and oxygen atoms in total.